The summed E-state index contributed by atoms with van der Waals surface area (Å²) >= 11 is 0. The molecule has 102 heavy (non-hydrogen) atoms. The first-order valence-electron chi connectivity index (χ1n) is 42.5. The predicted molar refractivity (Wildman–Crippen MR) is 489 cm³/mol. The summed E-state index contributed by atoms with van der Waals surface area (Å²) in [6.07, 6.45) is 25.4. The highest BCUT2D eigenvalue weighted by atomic mass is 31.1. The third-order valence-electron chi connectivity index (χ3n) is 25.6. The minimum atomic E-state index is -0.000546. The maximum atomic E-state index is 2.55. The van der Waals surface area contributed by atoms with Crippen molar-refractivity contribution in [3.8, 4) is 0 Å². The van der Waals surface area contributed by atoms with Gasteiger partial charge in [0, 0.05) is 0 Å². The number of rotatable bonds is 5. The van der Waals surface area contributed by atoms with Crippen LogP contribution in [0.5, 0.6) is 0 Å². The van der Waals surface area contributed by atoms with Crippen molar-refractivity contribution in [3.63, 3.8) is 0 Å². The summed E-state index contributed by atoms with van der Waals surface area (Å²) in [6.45, 7) is 119. The van der Waals surface area contributed by atoms with Gasteiger partial charge in [-0.2, -0.15) is 0 Å². The molecule has 602 valence electrons. The molecule has 0 N–H and O–H groups in total. The van der Waals surface area contributed by atoms with Gasteiger partial charge in [0.15, 0.2) is 0 Å². The molecule has 0 radical (unpaired) electrons. The van der Waals surface area contributed by atoms with Crippen LogP contribution in [0.3, 0.4) is 0 Å². The van der Waals surface area contributed by atoms with Gasteiger partial charge < -0.3 is 0 Å². The standard InChI is InChI=1S/C20H33P.C17H35P.C15H29P.2C15H31P.C14H29P/c1-18(2,3)21-19(4,5)14-17(15-20(21,6)7)13-16-11-9-8-10-12-16;1-10-17(11-2)12-15(6,7)18(14(3,4)5)16(8,9)13-17;1-12(2,3)16-13(4,5)10-15(8-9-15)11-14(16,6)7;1-12(2,3)16-14(6,7)10-13(4,5)11-15(16,8)9;1-9-12-10-14(5,6)16(13(2,3)4)15(7,8)11-12;1-11-9-13(5,6)15(12(2,3)4)14(7,8)10-11/h8-12,17H,13-15H2,1-7H3;10-13H2,1-9H3;8-11H2,1-7H3;10-11H2,1-9H3;12H,9-11H2,1-8H3;11H,9-10H2,1-8H3. The summed E-state index contributed by atoms with van der Waals surface area (Å²) in [5.74, 6) is 2.68. The van der Waals surface area contributed by atoms with Crippen LogP contribution in [-0.4, -0.2) is 92.8 Å². The van der Waals surface area contributed by atoms with Gasteiger partial charge in [0.1, 0.15) is 0 Å². The maximum Gasteiger partial charge on any atom is -0.0136 e. The minimum Gasteiger partial charge on any atom is -0.0895 e. The van der Waals surface area contributed by atoms with Gasteiger partial charge >= 0.3 is 0 Å². The van der Waals surface area contributed by atoms with Crippen LogP contribution in [-0.2, 0) is 6.42 Å². The summed E-state index contributed by atoms with van der Waals surface area (Å²) in [6, 6.07) is 11.1. The van der Waals surface area contributed by atoms with E-state index in [9.17, 15) is 0 Å². The van der Waals surface area contributed by atoms with Crippen molar-refractivity contribution in [3.05, 3.63) is 35.9 Å². The Bertz CT molecular complexity index is 2590. The summed E-state index contributed by atoms with van der Waals surface area (Å²) < 4.78 is 0. The van der Waals surface area contributed by atoms with Crippen LogP contribution in [0.15, 0.2) is 30.3 Å². The van der Waals surface area contributed by atoms with Gasteiger partial charge in [-0.25, -0.2) is 0 Å². The van der Waals surface area contributed by atoms with Gasteiger partial charge in [0.25, 0.3) is 0 Å². The van der Waals surface area contributed by atoms with E-state index in [2.05, 4.69) is 363 Å². The first-order valence-corrected chi connectivity index (χ1v) is 50.6. The fourth-order valence-corrected chi connectivity index (χ4v) is 68.0. The Morgan fingerprint density at radius 2 is 0.520 bits per heavy atom. The molecule has 1 aromatic carbocycles. The van der Waals surface area contributed by atoms with E-state index in [0.29, 0.717) is 104 Å². The zero-order valence-corrected chi connectivity index (χ0v) is 84.4. The highest BCUT2D eigenvalue weighted by Gasteiger charge is 2.62. The molecular formula is C96H188P6. The molecule has 0 amide bonds. The lowest BCUT2D eigenvalue weighted by Gasteiger charge is -2.61. The van der Waals surface area contributed by atoms with Gasteiger partial charge in [0.05, 0.1) is 0 Å². The normalized spacial score (nSPS) is 30.6. The molecule has 6 heteroatoms. The summed E-state index contributed by atoms with van der Waals surface area (Å²) in [5.41, 5.74) is 3.38. The van der Waals surface area contributed by atoms with Gasteiger partial charge in [-0.05, 0) is 229 Å². The molecule has 1 saturated carbocycles. The highest BCUT2D eigenvalue weighted by Crippen LogP contribution is 2.81. The van der Waals surface area contributed by atoms with Crippen LogP contribution >= 0.6 is 47.5 Å². The van der Waals surface area contributed by atoms with E-state index in [0.717, 1.165) is 23.2 Å². The van der Waals surface area contributed by atoms with Crippen LogP contribution in [0, 0.1) is 34.0 Å². The number of hydrogen-bond donors (Lipinski definition) is 0. The molecule has 7 aliphatic rings. The van der Waals surface area contributed by atoms with Gasteiger partial charge in [0.2, 0.25) is 0 Å². The molecule has 6 saturated heterocycles. The summed E-state index contributed by atoms with van der Waals surface area (Å²) in [7, 11) is 0.297. The van der Waals surface area contributed by atoms with Crippen molar-refractivity contribution in [2.24, 2.45) is 34.0 Å². The maximum absolute atomic E-state index is 2.55. The van der Waals surface area contributed by atoms with Gasteiger partial charge in [-0.1, -0.05) is 429 Å². The van der Waals surface area contributed by atoms with Gasteiger partial charge in [-0.15, -0.1) is 0 Å². The van der Waals surface area contributed by atoms with E-state index >= 15 is 0 Å². The Labute approximate surface area is 653 Å². The molecule has 6 aliphatic heterocycles. The van der Waals surface area contributed by atoms with Crippen LogP contribution in [0.4, 0.5) is 0 Å². The van der Waals surface area contributed by atoms with E-state index in [1.54, 1.807) is 0 Å². The number of benzene rings is 1. The average Bonchev–Trinajstić information content (AvgIpc) is 1.52. The molecule has 8 rings (SSSR count). The van der Waals surface area contributed by atoms with E-state index in [1.165, 1.54) is 121 Å². The SMILES string of the molecule is CC(C)(C)P1C(C)(C)CC(Cc2ccccc2)CC1(C)C.CC(C)(C)P1C(C)(C)CC2(CC2)CC1(C)C.CC1(C)CC(C)(C)P(C(C)(C)C)C(C)(C)C1.CC1CC(C)(C)P(C(C)(C)C)C(C)(C)C1.CCC1(CC)CC(C)(C)P(C(C)(C)C)C(C)(C)C1.CCC1CC(C)(C)P(C(C)(C)C)C(C)(C)C1. The molecular weight excluding hydrogens is 1340 g/mol. The first kappa shape index (κ1) is 98.0. The fraction of sp³-hybridized carbons (Fsp3) is 0.938. The lowest BCUT2D eigenvalue weighted by atomic mass is 9.69. The second-order valence-electron chi connectivity index (χ2n) is 50.4. The van der Waals surface area contributed by atoms with E-state index in [4.69, 9.17) is 0 Å². The molecule has 1 aromatic rings. The number of hydrogen-bond acceptors (Lipinski definition) is 0. The second kappa shape index (κ2) is 32.6. The minimum absolute atomic E-state index is 0.000546. The lowest BCUT2D eigenvalue weighted by molar-refractivity contribution is 0.160. The first-order chi connectivity index (χ1) is 44.7. The van der Waals surface area contributed by atoms with Crippen LogP contribution < -0.4 is 0 Å². The zero-order chi connectivity index (χ0) is 80.5. The molecule has 1 spiro atoms. The van der Waals surface area contributed by atoms with Crippen molar-refractivity contribution in [1.29, 1.82) is 0 Å². The fourth-order valence-electron chi connectivity index (χ4n) is 30.4. The zero-order valence-electron chi connectivity index (χ0n) is 79.0. The smallest absolute Gasteiger partial charge is 0.0136 e. The Morgan fingerprint density at radius 1 is 0.294 bits per heavy atom. The lowest BCUT2D eigenvalue weighted by Crippen LogP contribution is -2.49. The quantitative estimate of drug-likeness (QED) is 0.258. The third kappa shape index (κ3) is 25.7. The highest BCUT2D eigenvalue weighted by molar-refractivity contribution is 7.64. The Kier molecular flexibility index (Phi) is 31.3. The largest absolute Gasteiger partial charge is 0.0895 e. The van der Waals surface area contributed by atoms with Crippen molar-refractivity contribution < 1.29 is 0 Å². The average molecular weight is 1530 g/mol. The van der Waals surface area contributed by atoms with Crippen LogP contribution in [0.1, 0.15) is 447 Å². The van der Waals surface area contributed by atoms with Gasteiger partial charge in [-0.3, -0.25) is 0 Å². The van der Waals surface area contributed by atoms with Crippen LogP contribution in [0.25, 0.3) is 0 Å². The van der Waals surface area contributed by atoms with E-state index in [-0.39, 0.29) is 47.5 Å². The van der Waals surface area contributed by atoms with Crippen molar-refractivity contribution >= 4 is 47.5 Å². The monoisotopic (exact) mass is 1530 g/mol. The molecule has 0 nitrogen and oxygen atoms in total. The molecule has 7 fully saturated rings. The van der Waals surface area contributed by atoms with Crippen molar-refractivity contribution in [2.45, 2.75) is 541 Å². The Hall–Kier alpha value is 1.80. The molecule has 0 bridgehead atoms. The molecule has 0 unspecified atom stereocenters. The Morgan fingerprint density at radius 3 is 0.755 bits per heavy atom. The Balaban J connectivity index is 0.000000319. The molecule has 0 aromatic heterocycles. The summed E-state index contributed by atoms with van der Waals surface area (Å²) in [4.78, 5) is 0. The topological polar surface area (TPSA) is 0 Å². The predicted octanol–water partition coefficient (Wildman–Crippen LogP) is 34.8. The van der Waals surface area contributed by atoms with Crippen LogP contribution in [0.2, 0.25) is 0 Å². The second-order valence-corrected chi connectivity index (χ2v) is 77.0. The van der Waals surface area contributed by atoms with E-state index in [1.807, 2.05) is 0 Å². The summed E-state index contributed by atoms with van der Waals surface area (Å²) in [5, 5.41) is 9.23. The van der Waals surface area contributed by atoms with Crippen molar-refractivity contribution in [2.75, 3.05) is 0 Å². The molecule has 6 heterocycles. The van der Waals surface area contributed by atoms with E-state index < -0.39 is 0 Å². The van der Waals surface area contributed by atoms with Crippen molar-refractivity contribution in [1.82, 2.24) is 0 Å². The molecule has 1 aliphatic carbocycles. The molecule has 0 atom stereocenters. The third-order valence-corrected chi connectivity index (χ3v) is 50.2.